The molecule has 0 saturated carbocycles. The molecular weight excluding hydrogens is 199 g/mol. The van der Waals surface area contributed by atoms with Crippen molar-refractivity contribution in [3.05, 3.63) is 0 Å². The normalized spacial score (nSPS) is 29.8. The molecular formula is C13H27BO2. The quantitative estimate of drug-likeness (QED) is 0.673. The van der Waals surface area contributed by atoms with Gasteiger partial charge in [0.15, 0.2) is 0 Å². The van der Waals surface area contributed by atoms with Crippen molar-refractivity contribution >= 4 is 7.12 Å². The molecule has 0 radical (unpaired) electrons. The van der Waals surface area contributed by atoms with Gasteiger partial charge in [-0.15, -0.1) is 0 Å². The standard InChI is InChI=1S/C13H27BO2/c1-8-10-13(7)12(5,6)15-14(16-13)11(3,4)9-2/h8-10H2,1-7H3. The van der Waals surface area contributed by atoms with Crippen LogP contribution in [0.15, 0.2) is 0 Å². The van der Waals surface area contributed by atoms with E-state index in [2.05, 4.69) is 48.5 Å². The van der Waals surface area contributed by atoms with Crippen LogP contribution in [0.1, 0.15) is 67.7 Å². The van der Waals surface area contributed by atoms with Gasteiger partial charge in [-0.25, -0.2) is 0 Å². The molecule has 1 aliphatic heterocycles. The van der Waals surface area contributed by atoms with Crippen LogP contribution in [0.3, 0.4) is 0 Å². The number of hydrogen-bond acceptors (Lipinski definition) is 2. The van der Waals surface area contributed by atoms with Gasteiger partial charge in [0.2, 0.25) is 0 Å². The Morgan fingerprint density at radius 3 is 2.06 bits per heavy atom. The molecule has 1 fully saturated rings. The zero-order valence-electron chi connectivity index (χ0n) is 12.0. The Labute approximate surface area is 101 Å². The summed E-state index contributed by atoms with van der Waals surface area (Å²) in [5.74, 6) is 0. The minimum absolute atomic E-state index is 0.0796. The van der Waals surface area contributed by atoms with E-state index >= 15 is 0 Å². The summed E-state index contributed by atoms with van der Waals surface area (Å²) in [5.41, 5.74) is -0.348. The van der Waals surface area contributed by atoms with E-state index < -0.39 is 0 Å². The van der Waals surface area contributed by atoms with Crippen molar-refractivity contribution in [2.45, 2.75) is 84.2 Å². The maximum Gasteiger partial charge on any atom is 0.463 e. The van der Waals surface area contributed by atoms with Crippen LogP contribution in [0, 0.1) is 0 Å². The number of hydrogen-bond donors (Lipinski definition) is 0. The average Bonchev–Trinajstić information content (AvgIpc) is 2.39. The Morgan fingerprint density at radius 1 is 1.06 bits per heavy atom. The predicted octanol–water partition coefficient (Wildman–Crippen LogP) is 4.05. The highest BCUT2D eigenvalue weighted by Crippen LogP contribution is 2.47. The first-order chi connectivity index (χ1) is 7.18. The third kappa shape index (κ3) is 2.30. The summed E-state index contributed by atoms with van der Waals surface area (Å²) in [7, 11) is -0.0796. The molecule has 0 aromatic carbocycles. The lowest BCUT2D eigenvalue weighted by molar-refractivity contribution is -0.0159. The molecule has 0 aliphatic carbocycles. The van der Waals surface area contributed by atoms with Gasteiger partial charge in [-0.2, -0.15) is 0 Å². The molecule has 0 spiro atoms. The van der Waals surface area contributed by atoms with Crippen molar-refractivity contribution < 1.29 is 9.31 Å². The minimum atomic E-state index is -0.194. The van der Waals surface area contributed by atoms with Gasteiger partial charge in [-0.05, 0) is 32.5 Å². The van der Waals surface area contributed by atoms with E-state index in [0.717, 1.165) is 19.3 Å². The second-order valence-electron chi connectivity index (χ2n) is 6.40. The topological polar surface area (TPSA) is 18.5 Å². The fourth-order valence-electron chi connectivity index (χ4n) is 2.12. The van der Waals surface area contributed by atoms with E-state index in [9.17, 15) is 0 Å². The SMILES string of the molecule is CCCC1(C)OB(C(C)(C)CC)OC1(C)C. The summed E-state index contributed by atoms with van der Waals surface area (Å²) >= 11 is 0. The molecule has 1 heterocycles. The molecule has 0 N–H and O–H groups in total. The van der Waals surface area contributed by atoms with Gasteiger partial charge in [0.1, 0.15) is 0 Å². The first kappa shape index (κ1) is 14.0. The van der Waals surface area contributed by atoms with Crippen molar-refractivity contribution in [1.29, 1.82) is 0 Å². The zero-order chi connectivity index (χ0) is 12.6. The van der Waals surface area contributed by atoms with Crippen molar-refractivity contribution in [2.24, 2.45) is 0 Å². The monoisotopic (exact) mass is 226 g/mol. The van der Waals surface area contributed by atoms with Crippen LogP contribution in [0.5, 0.6) is 0 Å². The first-order valence-corrected chi connectivity index (χ1v) is 6.54. The molecule has 1 aliphatic rings. The number of rotatable bonds is 4. The second kappa shape index (κ2) is 4.34. The lowest BCUT2D eigenvalue weighted by Gasteiger charge is -2.36. The Hall–Kier alpha value is -0.0151. The molecule has 0 aromatic heterocycles. The molecule has 1 saturated heterocycles. The summed E-state index contributed by atoms with van der Waals surface area (Å²) in [6.07, 6.45) is 3.24. The first-order valence-electron chi connectivity index (χ1n) is 6.54. The minimum Gasteiger partial charge on any atom is -0.403 e. The van der Waals surface area contributed by atoms with Crippen LogP contribution in [-0.2, 0) is 9.31 Å². The summed E-state index contributed by atoms with van der Waals surface area (Å²) in [5, 5.41) is 0.0861. The van der Waals surface area contributed by atoms with Crippen LogP contribution >= 0.6 is 0 Å². The highest BCUT2D eigenvalue weighted by Gasteiger charge is 2.57. The van der Waals surface area contributed by atoms with E-state index in [1.54, 1.807) is 0 Å². The van der Waals surface area contributed by atoms with Gasteiger partial charge in [-0.1, -0.05) is 40.5 Å². The Bertz CT molecular complexity index is 250. The van der Waals surface area contributed by atoms with Crippen molar-refractivity contribution in [3.63, 3.8) is 0 Å². The Balaban J connectivity index is 2.87. The van der Waals surface area contributed by atoms with Gasteiger partial charge >= 0.3 is 7.12 Å². The molecule has 16 heavy (non-hydrogen) atoms. The van der Waals surface area contributed by atoms with Gasteiger partial charge in [0, 0.05) is 0 Å². The smallest absolute Gasteiger partial charge is 0.403 e. The van der Waals surface area contributed by atoms with E-state index in [1.807, 2.05) is 0 Å². The van der Waals surface area contributed by atoms with Gasteiger partial charge in [-0.3, -0.25) is 0 Å². The third-order valence-electron chi connectivity index (χ3n) is 4.32. The zero-order valence-corrected chi connectivity index (χ0v) is 12.0. The third-order valence-corrected chi connectivity index (χ3v) is 4.32. The van der Waals surface area contributed by atoms with Gasteiger partial charge in [0.25, 0.3) is 0 Å². The molecule has 3 heteroatoms. The maximum atomic E-state index is 6.24. The largest absolute Gasteiger partial charge is 0.463 e. The van der Waals surface area contributed by atoms with Crippen LogP contribution in [0.4, 0.5) is 0 Å². The molecule has 1 unspecified atom stereocenters. The van der Waals surface area contributed by atoms with Crippen LogP contribution in [-0.4, -0.2) is 18.3 Å². The fourth-order valence-corrected chi connectivity index (χ4v) is 2.12. The summed E-state index contributed by atoms with van der Waals surface area (Å²) in [4.78, 5) is 0. The van der Waals surface area contributed by atoms with E-state index in [4.69, 9.17) is 9.31 Å². The van der Waals surface area contributed by atoms with E-state index in [1.165, 1.54) is 0 Å². The predicted molar refractivity (Wildman–Crippen MR) is 69.6 cm³/mol. The molecule has 94 valence electrons. The lowest BCUT2D eigenvalue weighted by atomic mass is 9.58. The average molecular weight is 226 g/mol. The van der Waals surface area contributed by atoms with Gasteiger partial charge in [0.05, 0.1) is 11.2 Å². The highest BCUT2D eigenvalue weighted by atomic mass is 16.7. The van der Waals surface area contributed by atoms with E-state index in [0.29, 0.717) is 0 Å². The van der Waals surface area contributed by atoms with Crippen LogP contribution in [0.2, 0.25) is 5.31 Å². The maximum absolute atomic E-state index is 6.24. The molecule has 1 rings (SSSR count). The van der Waals surface area contributed by atoms with Crippen LogP contribution in [0.25, 0.3) is 0 Å². The van der Waals surface area contributed by atoms with Crippen molar-refractivity contribution in [2.75, 3.05) is 0 Å². The Kier molecular flexibility index (Phi) is 3.81. The molecule has 2 nitrogen and oxygen atoms in total. The highest BCUT2D eigenvalue weighted by molar-refractivity contribution is 6.49. The van der Waals surface area contributed by atoms with E-state index in [-0.39, 0.29) is 23.6 Å². The summed E-state index contributed by atoms with van der Waals surface area (Å²) < 4.78 is 12.4. The fraction of sp³-hybridized carbons (Fsp3) is 1.00. The van der Waals surface area contributed by atoms with Gasteiger partial charge < -0.3 is 9.31 Å². The van der Waals surface area contributed by atoms with Crippen molar-refractivity contribution in [1.82, 2.24) is 0 Å². The molecule has 0 amide bonds. The lowest BCUT2D eigenvalue weighted by Crippen LogP contribution is -2.44. The molecule has 1 atom stereocenters. The summed E-state index contributed by atoms with van der Waals surface area (Å²) in [6.45, 7) is 15.3. The second-order valence-corrected chi connectivity index (χ2v) is 6.40. The molecule has 0 bridgehead atoms. The molecule has 0 aromatic rings. The van der Waals surface area contributed by atoms with Crippen molar-refractivity contribution in [3.8, 4) is 0 Å². The summed E-state index contributed by atoms with van der Waals surface area (Å²) in [6, 6.07) is 0. The Morgan fingerprint density at radius 2 is 1.62 bits per heavy atom. The van der Waals surface area contributed by atoms with Crippen LogP contribution < -0.4 is 0 Å².